The summed E-state index contributed by atoms with van der Waals surface area (Å²) < 4.78 is 18.0. The van der Waals surface area contributed by atoms with Crippen LogP contribution in [0.5, 0.6) is 11.5 Å². The van der Waals surface area contributed by atoms with Crippen LogP contribution in [0.3, 0.4) is 0 Å². The summed E-state index contributed by atoms with van der Waals surface area (Å²) in [6.07, 6.45) is 1.63. The smallest absolute Gasteiger partial charge is 0.263 e. The molecule has 1 saturated heterocycles. The first kappa shape index (κ1) is 18.6. The lowest BCUT2D eigenvalue weighted by Crippen LogP contribution is -2.49. The van der Waals surface area contributed by atoms with Gasteiger partial charge in [0, 0.05) is 19.3 Å². The van der Waals surface area contributed by atoms with E-state index in [9.17, 15) is 9.59 Å². The predicted molar refractivity (Wildman–Crippen MR) is 103 cm³/mol. The highest BCUT2D eigenvalue weighted by Gasteiger charge is 2.29. The number of fused-ring (bicyclic) bond motifs is 1. The van der Waals surface area contributed by atoms with Crippen LogP contribution in [-0.2, 0) is 11.3 Å². The fraction of sp³-hybridized carbons (Fsp3) is 0.429. The fourth-order valence-corrected chi connectivity index (χ4v) is 3.79. The standard InChI is InChI=1S/C21H24N2O5/c1-13-6-7-22(11-16-4-5-17-18(8-16)27-12-26-17)20(24)19(13)21(25)23-9-14(2)28-15(3)10-23/h4-8,14-15H,9-12H2,1-3H3/t14-,15+. The molecule has 0 saturated carbocycles. The van der Waals surface area contributed by atoms with Crippen LogP contribution >= 0.6 is 0 Å². The van der Waals surface area contributed by atoms with E-state index < -0.39 is 0 Å². The number of carbonyl (C=O) groups excluding carboxylic acids is 1. The quantitative estimate of drug-likeness (QED) is 0.811. The van der Waals surface area contributed by atoms with Crippen LogP contribution in [0.4, 0.5) is 0 Å². The SMILES string of the molecule is Cc1ccn(Cc2ccc3c(c2)OCO3)c(=O)c1C(=O)N1C[C@@H](C)O[C@@H](C)C1. The molecular weight excluding hydrogens is 360 g/mol. The fourth-order valence-electron chi connectivity index (χ4n) is 3.79. The third kappa shape index (κ3) is 3.49. The molecule has 0 radical (unpaired) electrons. The minimum Gasteiger partial charge on any atom is -0.454 e. The number of ether oxygens (including phenoxy) is 3. The molecule has 7 nitrogen and oxygen atoms in total. The number of pyridine rings is 1. The van der Waals surface area contributed by atoms with Crippen molar-refractivity contribution in [2.45, 2.75) is 39.5 Å². The van der Waals surface area contributed by atoms with Crippen molar-refractivity contribution in [1.82, 2.24) is 9.47 Å². The molecule has 3 heterocycles. The molecular formula is C21H24N2O5. The highest BCUT2D eigenvalue weighted by atomic mass is 16.7. The van der Waals surface area contributed by atoms with Crippen LogP contribution in [0.2, 0.25) is 0 Å². The lowest BCUT2D eigenvalue weighted by Gasteiger charge is -2.35. The second-order valence-corrected chi connectivity index (χ2v) is 7.46. The summed E-state index contributed by atoms with van der Waals surface area (Å²) in [4.78, 5) is 27.9. The monoisotopic (exact) mass is 384 g/mol. The first-order chi connectivity index (χ1) is 13.4. The Hall–Kier alpha value is -2.80. The van der Waals surface area contributed by atoms with Crippen LogP contribution in [0.25, 0.3) is 0 Å². The van der Waals surface area contributed by atoms with E-state index in [-0.39, 0.29) is 36.0 Å². The molecule has 0 bridgehead atoms. The molecule has 0 N–H and O–H groups in total. The molecule has 0 aliphatic carbocycles. The lowest BCUT2D eigenvalue weighted by atomic mass is 10.1. The zero-order chi connectivity index (χ0) is 19.8. The van der Waals surface area contributed by atoms with Crippen molar-refractivity contribution in [3.05, 3.63) is 57.5 Å². The van der Waals surface area contributed by atoms with Crippen molar-refractivity contribution >= 4 is 5.91 Å². The summed E-state index contributed by atoms with van der Waals surface area (Å²) in [7, 11) is 0. The minimum atomic E-state index is -0.283. The Kier molecular flexibility index (Phi) is 4.85. The van der Waals surface area contributed by atoms with Crippen LogP contribution in [0.15, 0.2) is 35.3 Å². The third-order valence-electron chi connectivity index (χ3n) is 5.08. The highest BCUT2D eigenvalue weighted by Crippen LogP contribution is 2.32. The number of morpholine rings is 1. The summed E-state index contributed by atoms with van der Waals surface area (Å²) in [5, 5.41) is 0. The highest BCUT2D eigenvalue weighted by molar-refractivity contribution is 5.95. The van der Waals surface area contributed by atoms with Crippen molar-refractivity contribution < 1.29 is 19.0 Å². The van der Waals surface area contributed by atoms with Crippen LogP contribution in [-0.4, -0.2) is 47.5 Å². The summed E-state index contributed by atoms with van der Waals surface area (Å²) in [6.45, 7) is 7.20. The van der Waals surface area contributed by atoms with Crippen molar-refractivity contribution in [3.8, 4) is 11.5 Å². The molecule has 2 aromatic rings. The molecule has 1 aromatic heterocycles. The predicted octanol–water partition coefficient (Wildman–Crippen LogP) is 2.18. The van der Waals surface area contributed by atoms with Gasteiger partial charge >= 0.3 is 0 Å². The molecule has 1 amide bonds. The molecule has 7 heteroatoms. The molecule has 0 unspecified atom stereocenters. The Bertz CT molecular complexity index is 958. The van der Waals surface area contributed by atoms with Crippen molar-refractivity contribution in [2.75, 3.05) is 19.9 Å². The Morgan fingerprint density at radius 3 is 2.57 bits per heavy atom. The molecule has 2 atom stereocenters. The number of aryl methyl sites for hydroxylation is 1. The van der Waals surface area contributed by atoms with Crippen LogP contribution in [0.1, 0.15) is 35.3 Å². The van der Waals surface area contributed by atoms with Crippen LogP contribution < -0.4 is 15.0 Å². The number of hydrogen-bond donors (Lipinski definition) is 0. The Morgan fingerprint density at radius 2 is 1.82 bits per heavy atom. The van der Waals surface area contributed by atoms with Gasteiger partial charge in [0.05, 0.1) is 18.8 Å². The number of rotatable bonds is 3. The Morgan fingerprint density at radius 1 is 1.11 bits per heavy atom. The molecule has 1 fully saturated rings. The van der Waals surface area contributed by atoms with Crippen molar-refractivity contribution in [3.63, 3.8) is 0 Å². The van der Waals surface area contributed by atoms with E-state index in [0.717, 1.165) is 5.56 Å². The van der Waals surface area contributed by atoms with Gasteiger partial charge in [0.2, 0.25) is 6.79 Å². The number of nitrogens with zero attached hydrogens (tertiary/aromatic N) is 2. The molecule has 0 spiro atoms. The van der Waals surface area contributed by atoms with Gasteiger partial charge in [-0.3, -0.25) is 9.59 Å². The molecule has 2 aliphatic rings. The summed E-state index contributed by atoms with van der Waals surface area (Å²) in [6, 6.07) is 7.41. The topological polar surface area (TPSA) is 70.0 Å². The molecule has 148 valence electrons. The largest absolute Gasteiger partial charge is 0.454 e. The van der Waals surface area contributed by atoms with E-state index in [4.69, 9.17) is 14.2 Å². The van der Waals surface area contributed by atoms with Gasteiger partial charge in [-0.1, -0.05) is 6.07 Å². The van der Waals surface area contributed by atoms with E-state index in [2.05, 4.69) is 0 Å². The van der Waals surface area contributed by atoms with Gasteiger partial charge in [0.25, 0.3) is 11.5 Å². The van der Waals surface area contributed by atoms with Gasteiger partial charge in [-0.15, -0.1) is 0 Å². The van der Waals surface area contributed by atoms with E-state index in [0.29, 0.717) is 36.7 Å². The van der Waals surface area contributed by atoms with Gasteiger partial charge in [0.1, 0.15) is 5.56 Å². The maximum Gasteiger partial charge on any atom is 0.263 e. The summed E-state index contributed by atoms with van der Waals surface area (Å²) in [5.41, 5.74) is 1.53. The first-order valence-electron chi connectivity index (χ1n) is 9.45. The van der Waals surface area contributed by atoms with E-state index >= 15 is 0 Å². The number of hydrogen-bond acceptors (Lipinski definition) is 5. The zero-order valence-electron chi connectivity index (χ0n) is 16.3. The molecule has 4 rings (SSSR count). The van der Waals surface area contributed by atoms with E-state index in [1.54, 1.807) is 22.6 Å². The summed E-state index contributed by atoms with van der Waals surface area (Å²) in [5.74, 6) is 1.14. The molecule has 1 aromatic carbocycles. The molecule has 28 heavy (non-hydrogen) atoms. The number of amides is 1. The average Bonchev–Trinajstić information content (AvgIpc) is 3.11. The Balaban J connectivity index is 1.62. The van der Waals surface area contributed by atoms with Gasteiger partial charge in [-0.25, -0.2) is 0 Å². The van der Waals surface area contributed by atoms with Gasteiger partial charge in [-0.05, 0) is 50.1 Å². The third-order valence-corrected chi connectivity index (χ3v) is 5.08. The maximum atomic E-state index is 13.1. The van der Waals surface area contributed by atoms with Gasteiger partial charge in [0.15, 0.2) is 11.5 Å². The van der Waals surface area contributed by atoms with E-state index in [1.165, 1.54) is 0 Å². The second-order valence-electron chi connectivity index (χ2n) is 7.46. The molecule has 2 aliphatic heterocycles. The van der Waals surface area contributed by atoms with E-state index in [1.807, 2.05) is 38.1 Å². The van der Waals surface area contributed by atoms with Crippen molar-refractivity contribution in [2.24, 2.45) is 0 Å². The van der Waals surface area contributed by atoms with Gasteiger partial charge in [-0.2, -0.15) is 0 Å². The van der Waals surface area contributed by atoms with Gasteiger partial charge < -0.3 is 23.7 Å². The number of carbonyl (C=O) groups is 1. The maximum absolute atomic E-state index is 13.1. The average molecular weight is 384 g/mol. The van der Waals surface area contributed by atoms with Crippen molar-refractivity contribution in [1.29, 1.82) is 0 Å². The number of benzene rings is 1. The minimum absolute atomic E-state index is 0.0485. The number of aromatic nitrogens is 1. The Labute approximate surface area is 163 Å². The first-order valence-corrected chi connectivity index (χ1v) is 9.45. The summed E-state index contributed by atoms with van der Waals surface area (Å²) >= 11 is 0. The van der Waals surface area contributed by atoms with Crippen LogP contribution in [0, 0.1) is 6.92 Å². The lowest BCUT2D eigenvalue weighted by molar-refractivity contribution is -0.0586. The second kappa shape index (κ2) is 7.31. The normalized spacial score (nSPS) is 21.0. The zero-order valence-corrected chi connectivity index (χ0v) is 16.3.